The van der Waals surface area contributed by atoms with Crippen LogP contribution in [0.3, 0.4) is 0 Å². The standard InChI is InChI=1S/C19H19BrO/c20-17-11-9-16-8-4-3-6-14-5-1-2-7-15(14)10-12-19(21)18(16)13-17/h1-2,5,7,9,11,13H,3-4,6,8,10,12H2. The molecule has 0 unspecified atom stereocenters. The molecule has 2 aromatic rings. The fourth-order valence-corrected chi connectivity index (χ4v) is 3.45. The van der Waals surface area contributed by atoms with Gasteiger partial charge in [0.15, 0.2) is 5.78 Å². The zero-order valence-corrected chi connectivity index (χ0v) is 13.7. The monoisotopic (exact) mass is 342 g/mol. The molecule has 0 heterocycles. The van der Waals surface area contributed by atoms with Crippen LogP contribution < -0.4 is 0 Å². The van der Waals surface area contributed by atoms with Gasteiger partial charge < -0.3 is 0 Å². The van der Waals surface area contributed by atoms with E-state index in [0.717, 1.165) is 35.7 Å². The molecule has 0 atom stereocenters. The van der Waals surface area contributed by atoms with Crippen molar-refractivity contribution in [3.05, 3.63) is 69.2 Å². The van der Waals surface area contributed by atoms with E-state index in [1.54, 1.807) is 0 Å². The summed E-state index contributed by atoms with van der Waals surface area (Å²) in [5.41, 5.74) is 4.86. The van der Waals surface area contributed by atoms with Crippen molar-refractivity contribution in [1.82, 2.24) is 0 Å². The normalized spacial score (nSPS) is 15.8. The van der Waals surface area contributed by atoms with Crippen molar-refractivity contribution in [2.45, 2.75) is 38.5 Å². The molecule has 1 nitrogen and oxygen atoms in total. The van der Waals surface area contributed by atoms with Crippen molar-refractivity contribution in [3.8, 4) is 0 Å². The van der Waals surface area contributed by atoms with E-state index in [4.69, 9.17) is 0 Å². The van der Waals surface area contributed by atoms with E-state index in [-0.39, 0.29) is 5.78 Å². The minimum atomic E-state index is 0.267. The summed E-state index contributed by atoms with van der Waals surface area (Å²) in [4.78, 5) is 12.6. The molecule has 1 aliphatic rings. The van der Waals surface area contributed by atoms with Gasteiger partial charge in [-0.1, -0.05) is 46.3 Å². The number of fused-ring (bicyclic) bond motifs is 2. The number of halogens is 1. The van der Waals surface area contributed by atoms with Crippen molar-refractivity contribution in [2.75, 3.05) is 0 Å². The number of aryl methyl sites for hydroxylation is 3. The summed E-state index contributed by atoms with van der Waals surface area (Å²) >= 11 is 3.49. The van der Waals surface area contributed by atoms with E-state index in [0.29, 0.717) is 6.42 Å². The zero-order chi connectivity index (χ0) is 14.7. The predicted octanol–water partition coefficient (Wildman–Crippen LogP) is 5.14. The third-order valence-corrected chi connectivity index (χ3v) is 4.75. The van der Waals surface area contributed by atoms with Gasteiger partial charge in [-0.15, -0.1) is 0 Å². The van der Waals surface area contributed by atoms with E-state index in [9.17, 15) is 4.79 Å². The fourth-order valence-electron chi connectivity index (χ4n) is 3.09. The highest BCUT2D eigenvalue weighted by atomic mass is 79.9. The lowest BCUT2D eigenvalue weighted by atomic mass is 9.96. The number of carbonyl (C=O) groups is 1. The first-order valence-corrected chi connectivity index (χ1v) is 8.42. The Morgan fingerprint density at radius 2 is 1.43 bits per heavy atom. The van der Waals surface area contributed by atoms with E-state index in [1.807, 2.05) is 12.1 Å². The second kappa shape index (κ2) is 6.57. The lowest BCUT2D eigenvalue weighted by Crippen LogP contribution is -2.05. The molecule has 2 heteroatoms. The average molecular weight is 343 g/mol. The summed E-state index contributed by atoms with van der Waals surface area (Å²) in [6.45, 7) is 0. The summed E-state index contributed by atoms with van der Waals surface area (Å²) in [6, 6.07) is 14.7. The number of benzene rings is 2. The smallest absolute Gasteiger partial charge is 0.163 e. The van der Waals surface area contributed by atoms with E-state index < -0.39 is 0 Å². The van der Waals surface area contributed by atoms with Crippen LogP contribution in [-0.4, -0.2) is 5.78 Å². The summed E-state index contributed by atoms with van der Waals surface area (Å²) in [5, 5.41) is 0. The second-order valence-electron chi connectivity index (χ2n) is 5.70. The van der Waals surface area contributed by atoms with E-state index >= 15 is 0 Å². The number of rotatable bonds is 0. The molecule has 0 saturated heterocycles. The van der Waals surface area contributed by atoms with Crippen LogP contribution in [0.1, 0.15) is 46.3 Å². The van der Waals surface area contributed by atoms with Gasteiger partial charge in [0.2, 0.25) is 0 Å². The summed E-state index contributed by atoms with van der Waals surface area (Å²) < 4.78 is 0.991. The molecule has 0 spiro atoms. The molecule has 0 fully saturated rings. The van der Waals surface area contributed by atoms with Gasteiger partial charge in [-0.25, -0.2) is 0 Å². The molecule has 0 aliphatic heterocycles. The Bertz CT molecular complexity index is 660. The molecule has 108 valence electrons. The van der Waals surface area contributed by atoms with Gasteiger partial charge in [0, 0.05) is 16.5 Å². The third-order valence-electron chi connectivity index (χ3n) is 4.25. The third kappa shape index (κ3) is 3.44. The van der Waals surface area contributed by atoms with Gasteiger partial charge >= 0.3 is 0 Å². The Hall–Kier alpha value is -1.41. The molecule has 0 N–H and O–H groups in total. The molecular weight excluding hydrogens is 324 g/mol. The lowest BCUT2D eigenvalue weighted by molar-refractivity contribution is 0.0982. The highest BCUT2D eigenvalue weighted by Gasteiger charge is 2.14. The number of ketones is 1. The van der Waals surface area contributed by atoms with Crippen LogP contribution in [0.15, 0.2) is 46.9 Å². The average Bonchev–Trinajstić information content (AvgIpc) is 2.53. The first kappa shape index (κ1) is 14.5. The van der Waals surface area contributed by atoms with E-state index in [2.05, 4.69) is 46.3 Å². The number of Topliss-reactive ketones (excluding diaryl/α,β-unsaturated/α-hetero) is 1. The van der Waals surface area contributed by atoms with Gasteiger partial charge in [-0.05, 0) is 60.9 Å². The number of carbonyl (C=O) groups excluding carboxylic acids is 1. The molecule has 0 aromatic heterocycles. The molecule has 1 aliphatic carbocycles. The molecule has 0 amide bonds. The summed E-state index contributed by atoms with van der Waals surface area (Å²) in [7, 11) is 0. The van der Waals surface area contributed by atoms with Crippen LogP contribution in [0.5, 0.6) is 0 Å². The van der Waals surface area contributed by atoms with Gasteiger partial charge in [-0.2, -0.15) is 0 Å². The fraction of sp³-hybridized carbons (Fsp3) is 0.316. The first-order chi connectivity index (χ1) is 10.2. The Morgan fingerprint density at radius 3 is 2.19 bits per heavy atom. The van der Waals surface area contributed by atoms with Gasteiger partial charge in [0.05, 0.1) is 0 Å². The Morgan fingerprint density at radius 1 is 0.762 bits per heavy atom. The molecule has 0 radical (unpaired) electrons. The quantitative estimate of drug-likeness (QED) is 0.647. The van der Waals surface area contributed by atoms with Crippen molar-refractivity contribution >= 4 is 21.7 Å². The molecule has 0 saturated carbocycles. The highest BCUT2D eigenvalue weighted by Crippen LogP contribution is 2.23. The Labute approximate surface area is 134 Å². The van der Waals surface area contributed by atoms with Gasteiger partial charge in [0.1, 0.15) is 0 Å². The van der Waals surface area contributed by atoms with Gasteiger partial charge in [0.25, 0.3) is 0 Å². The maximum Gasteiger partial charge on any atom is 0.163 e. The van der Waals surface area contributed by atoms with Crippen LogP contribution in [0.2, 0.25) is 0 Å². The van der Waals surface area contributed by atoms with Crippen LogP contribution in [0.25, 0.3) is 0 Å². The maximum atomic E-state index is 12.6. The second-order valence-corrected chi connectivity index (χ2v) is 6.62. The first-order valence-electron chi connectivity index (χ1n) is 7.62. The van der Waals surface area contributed by atoms with Crippen molar-refractivity contribution < 1.29 is 4.79 Å². The molecule has 2 aromatic carbocycles. The lowest BCUT2D eigenvalue weighted by Gasteiger charge is -2.09. The number of hydrogen-bond acceptors (Lipinski definition) is 1. The Balaban J connectivity index is 1.92. The van der Waals surface area contributed by atoms with Crippen LogP contribution >= 0.6 is 15.9 Å². The minimum Gasteiger partial charge on any atom is -0.294 e. The molecule has 3 rings (SSSR count). The largest absolute Gasteiger partial charge is 0.294 e. The SMILES string of the molecule is O=C1CCc2ccccc2CCCCc2ccc(Br)cc21. The van der Waals surface area contributed by atoms with Crippen molar-refractivity contribution in [2.24, 2.45) is 0 Å². The number of hydrogen-bond donors (Lipinski definition) is 0. The maximum absolute atomic E-state index is 12.6. The Kier molecular flexibility index (Phi) is 4.54. The molecular formula is C19H19BrO. The van der Waals surface area contributed by atoms with Crippen molar-refractivity contribution in [3.63, 3.8) is 0 Å². The van der Waals surface area contributed by atoms with E-state index in [1.165, 1.54) is 23.1 Å². The van der Waals surface area contributed by atoms with Crippen LogP contribution in [0, 0.1) is 0 Å². The summed E-state index contributed by atoms with van der Waals surface area (Å²) in [6.07, 6.45) is 5.88. The minimum absolute atomic E-state index is 0.267. The zero-order valence-electron chi connectivity index (χ0n) is 12.1. The predicted molar refractivity (Wildman–Crippen MR) is 89.9 cm³/mol. The topological polar surface area (TPSA) is 17.1 Å². The summed E-state index contributed by atoms with van der Waals surface area (Å²) in [5.74, 6) is 0.267. The van der Waals surface area contributed by atoms with Crippen molar-refractivity contribution in [1.29, 1.82) is 0 Å². The highest BCUT2D eigenvalue weighted by molar-refractivity contribution is 9.10. The molecule has 0 bridgehead atoms. The van der Waals surface area contributed by atoms with Gasteiger partial charge in [-0.3, -0.25) is 4.79 Å². The molecule has 21 heavy (non-hydrogen) atoms. The van der Waals surface area contributed by atoms with Crippen LogP contribution in [-0.2, 0) is 19.3 Å². The van der Waals surface area contributed by atoms with Crippen LogP contribution in [0.4, 0.5) is 0 Å².